The quantitative estimate of drug-likeness (QED) is 0.595. The van der Waals surface area contributed by atoms with Crippen LogP contribution in [0, 0.1) is 23.6 Å². The van der Waals surface area contributed by atoms with Gasteiger partial charge in [0.2, 0.25) is 5.65 Å². The number of rotatable bonds is 5. The van der Waals surface area contributed by atoms with Gasteiger partial charge in [-0.1, -0.05) is 0 Å². The fourth-order valence-electron chi connectivity index (χ4n) is 6.23. The van der Waals surface area contributed by atoms with E-state index >= 15 is 0 Å². The average molecular weight is 467 g/mol. The number of ether oxygens (including phenoxy) is 1. The van der Waals surface area contributed by atoms with Crippen LogP contribution in [-0.2, 0) is 0 Å². The molecule has 4 heterocycles. The SMILES string of the molecule is O=C(N[C@@H]1C2CC[C@@H](C2)[C@@H]1CO)Oc1cnn2ccc(N3CCC[C@@H]3c3cncc(F)c3)nc12. The summed E-state index contributed by atoms with van der Waals surface area (Å²) in [5.74, 6) is 1.58. The van der Waals surface area contributed by atoms with Crippen LogP contribution in [0.5, 0.6) is 5.75 Å². The summed E-state index contributed by atoms with van der Waals surface area (Å²) in [5, 5.41) is 17.0. The Labute approximate surface area is 196 Å². The van der Waals surface area contributed by atoms with Crippen molar-refractivity contribution in [1.82, 2.24) is 24.9 Å². The predicted octanol–water partition coefficient (Wildman–Crippen LogP) is 3.10. The highest BCUT2D eigenvalue weighted by Gasteiger charge is 2.48. The van der Waals surface area contributed by atoms with Gasteiger partial charge in [0, 0.05) is 37.5 Å². The fraction of sp³-hybridized carbons (Fsp3) is 0.500. The molecule has 1 aliphatic heterocycles. The zero-order valence-corrected chi connectivity index (χ0v) is 18.7. The van der Waals surface area contributed by atoms with Gasteiger partial charge in [-0.15, -0.1) is 0 Å². The Morgan fingerprint density at radius 2 is 2.12 bits per heavy atom. The lowest BCUT2D eigenvalue weighted by atomic mass is 9.85. The summed E-state index contributed by atoms with van der Waals surface area (Å²) in [6.45, 7) is 0.855. The molecule has 2 bridgehead atoms. The Morgan fingerprint density at radius 3 is 2.97 bits per heavy atom. The molecule has 5 atom stereocenters. The number of aromatic nitrogens is 4. The van der Waals surface area contributed by atoms with Crippen LogP contribution in [0.3, 0.4) is 0 Å². The first-order valence-electron chi connectivity index (χ1n) is 11.9. The van der Waals surface area contributed by atoms with Crippen LogP contribution >= 0.6 is 0 Å². The number of amides is 1. The molecule has 3 aromatic heterocycles. The molecule has 1 saturated heterocycles. The average Bonchev–Trinajstić information content (AvgIpc) is 3.63. The number of aliphatic hydroxyl groups is 1. The standard InChI is InChI=1S/C24H27FN6O3/c25-17-9-16(10-26-11-17)19-2-1-6-30(19)21-5-7-31-23(28-21)20(12-27-31)34-24(33)29-22-15-4-3-14(8-15)18(22)13-32/h5,7,9-12,14-15,18-19,22,32H,1-4,6,8,13H2,(H,29,33)/t14-,15?,18-,19+,22+/m0/s1. The van der Waals surface area contributed by atoms with E-state index in [1.807, 2.05) is 6.07 Å². The fourth-order valence-corrected chi connectivity index (χ4v) is 6.23. The van der Waals surface area contributed by atoms with Crippen LogP contribution in [0.1, 0.15) is 43.7 Å². The van der Waals surface area contributed by atoms with Gasteiger partial charge in [-0.25, -0.2) is 18.7 Å². The summed E-state index contributed by atoms with van der Waals surface area (Å²) in [7, 11) is 0. The molecule has 0 radical (unpaired) electrons. The van der Waals surface area contributed by atoms with Crippen molar-refractivity contribution in [2.45, 2.75) is 44.2 Å². The van der Waals surface area contributed by atoms with E-state index in [1.54, 1.807) is 16.9 Å². The molecule has 6 rings (SSSR count). The molecular weight excluding hydrogens is 439 g/mol. The highest BCUT2D eigenvalue weighted by molar-refractivity contribution is 5.74. The second-order valence-electron chi connectivity index (χ2n) is 9.59. The molecule has 178 valence electrons. The first-order valence-corrected chi connectivity index (χ1v) is 11.9. The molecule has 2 N–H and O–H groups in total. The highest BCUT2D eigenvalue weighted by atomic mass is 19.1. The van der Waals surface area contributed by atoms with Crippen LogP contribution < -0.4 is 15.0 Å². The lowest BCUT2D eigenvalue weighted by molar-refractivity contribution is 0.135. The molecule has 10 heteroatoms. The van der Waals surface area contributed by atoms with Crippen molar-refractivity contribution in [3.8, 4) is 5.75 Å². The van der Waals surface area contributed by atoms with Gasteiger partial charge >= 0.3 is 6.09 Å². The zero-order chi connectivity index (χ0) is 23.2. The molecule has 1 unspecified atom stereocenters. The van der Waals surface area contributed by atoms with Crippen molar-refractivity contribution in [3.63, 3.8) is 0 Å². The van der Waals surface area contributed by atoms with Crippen molar-refractivity contribution < 1.29 is 19.0 Å². The van der Waals surface area contributed by atoms with Crippen molar-refractivity contribution in [2.75, 3.05) is 18.1 Å². The van der Waals surface area contributed by atoms with Crippen molar-refractivity contribution in [1.29, 1.82) is 0 Å². The number of carbonyl (C=O) groups excluding carboxylic acids is 1. The summed E-state index contributed by atoms with van der Waals surface area (Å²) in [6, 6.07) is 3.28. The van der Waals surface area contributed by atoms with E-state index < -0.39 is 6.09 Å². The van der Waals surface area contributed by atoms with E-state index in [2.05, 4.69) is 20.3 Å². The Hall–Kier alpha value is -3.27. The summed E-state index contributed by atoms with van der Waals surface area (Å²) < 4.78 is 20.9. The van der Waals surface area contributed by atoms with E-state index in [9.17, 15) is 14.3 Å². The normalized spacial score (nSPS) is 28.1. The number of fused-ring (bicyclic) bond motifs is 3. The lowest BCUT2D eigenvalue weighted by Gasteiger charge is -2.29. The summed E-state index contributed by atoms with van der Waals surface area (Å²) in [4.78, 5) is 23.6. The number of nitrogens with one attached hydrogen (secondary N) is 1. The Morgan fingerprint density at radius 1 is 1.24 bits per heavy atom. The van der Waals surface area contributed by atoms with Gasteiger partial charge in [0.25, 0.3) is 0 Å². The van der Waals surface area contributed by atoms with Crippen LogP contribution in [0.2, 0.25) is 0 Å². The van der Waals surface area contributed by atoms with Gasteiger partial charge in [0.1, 0.15) is 11.6 Å². The monoisotopic (exact) mass is 466 g/mol. The summed E-state index contributed by atoms with van der Waals surface area (Å²) in [6.07, 6.45) is 10.7. The first kappa shape index (κ1) is 21.3. The third-order valence-electron chi connectivity index (χ3n) is 7.77. The smallest absolute Gasteiger partial charge is 0.405 e. The summed E-state index contributed by atoms with van der Waals surface area (Å²) >= 11 is 0. The molecule has 34 heavy (non-hydrogen) atoms. The van der Waals surface area contributed by atoms with E-state index in [0.29, 0.717) is 23.3 Å². The van der Waals surface area contributed by atoms with Gasteiger partial charge in [0.05, 0.1) is 18.4 Å². The van der Waals surface area contributed by atoms with Crippen LogP contribution in [0.4, 0.5) is 15.0 Å². The maximum absolute atomic E-state index is 13.8. The van der Waals surface area contributed by atoms with E-state index in [-0.39, 0.29) is 36.2 Å². The molecule has 3 fully saturated rings. The molecule has 3 aromatic rings. The molecule has 0 spiro atoms. The molecule has 1 amide bonds. The van der Waals surface area contributed by atoms with Gasteiger partial charge in [-0.2, -0.15) is 5.10 Å². The number of aliphatic hydroxyl groups excluding tert-OH is 1. The second-order valence-corrected chi connectivity index (χ2v) is 9.59. The maximum Gasteiger partial charge on any atom is 0.413 e. The number of anilines is 1. The van der Waals surface area contributed by atoms with Crippen molar-refractivity contribution >= 4 is 17.6 Å². The number of hydrogen-bond donors (Lipinski definition) is 2. The molecular formula is C24H27FN6O3. The van der Waals surface area contributed by atoms with Gasteiger partial charge < -0.3 is 20.1 Å². The van der Waals surface area contributed by atoms with Crippen LogP contribution in [0.15, 0.2) is 36.9 Å². The zero-order valence-electron chi connectivity index (χ0n) is 18.7. The van der Waals surface area contributed by atoms with E-state index in [1.165, 1.54) is 18.5 Å². The first-order chi connectivity index (χ1) is 16.6. The summed E-state index contributed by atoms with van der Waals surface area (Å²) in [5.41, 5.74) is 1.25. The minimum Gasteiger partial charge on any atom is -0.405 e. The minimum absolute atomic E-state index is 0.0260. The number of nitrogens with zero attached hydrogens (tertiary/aromatic N) is 5. The largest absolute Gasteiger partial charge is 0.413 e. The van der Waals surface area contributed by atoms with Gasteiger partial charge in [0.15, 0.2) is 5.75 Å². The molecule has 3 aliphatic rings. The predicted molar refractivity (Wildman–Crippen MR) is 121 cm³/mol. The van der Waals surface area contributed by atoms with Crippen molar-refractivity contribution in [3.05, 3.63) is 48.3 Å². The van der Waals surface area contributed by atoms with Crippen LogP contribution in [-0.4, -0.2) is 50.0 Å². The lowest BCUT2D eigenvalue weighted by Crippen LogP contribution is -2.46. The Balaban J connectivity index is 1.22. The Kier molecular flexibility index (Phi) is 5.32. The molecule has 0 aromatic carbocycles. The number of hydrogen-bond acceptors (Lipinski definition) is 7. The maximum atomic E-state index is 13.8. The van der Waals surface area contributed by atoms with Gasteiger partial charge in [-0.3, -0.25) is 4.98 Å². The molecule has 2 saturated carbocycles. The van der Waals surface area contributed by atoms with Crippen molar-refractivity contribution in [2.24, 2.45) is 17.8 Å². The Bertz CT molecular complexity index is 1220. The molecule has 2 aliphatic carbocycles. The molecule has 9 nitrogen and oxygen atoms in total. The highest BCUT2D eigenvalue weighted by Crippen LogP contribution is 2.48. The third-order valence-corrected chi connectivity index (χ3v) is 7.77. The van der Waals surface area contributed by atoms with E-state index in [0.717, 1.165) is 44.2 Å². The number of halogens is 1. The number of carbonyl (C=O) groups is 1. The number of pyridine rings is 1. The van der Waals surface area contributed by atoms with E-state index in [4.69, 9.17) is 9.72 Å². The second kappa shape index (κ2) is 8.50. The van der Waals surface area contributed by atoms with Crippen LogP contribution in [0.25, 0.3) is 5.65 Å². The topological polar surface area (TPSA) is 105 Å². The third kappa shape index (κ3) is 3.66. The van der Waals surface area contributed by atoms with Gasteiger partial charge in [-0.05, 0) is 61.6 Å². The minimum atomic E-state index is -0.553.